The predicted octanol–water partition coefficient (Wildman–Crippen LogP) is 5.16. The highest BCUT2D eigenvalue weighted by Crippen LogP contribution is 2.35. The zero-order chi connectivity index (χ0) is 26.3. The number of rotatable bonds is 12. The topological polar surface area (TPSA) is 104 Å². The molecular formula is C27H30ClFN2O5. The Morgan fingerprint density at radius 3 is 2.44 bits per heavy atom. The van der Waals surface area contributed by atoms with Gasteiger partial charge in [0.05, 0.1) is 31.5 Å². The summed E-state index contributed by atoms with van der Waals surface area (Å²) >= 11 is 5.95. The van der Waals surface area contributed by atoms with E-state index in [1.165, 1.54) is 32.4 Å². The fraction of sp³-hybridized carbons (Fsp3) is 0.333. The second-order valence-electron chi connectivity index (χ2n) is 8.25. The SMILES string of the molecule is CCCOc1ccc(C(=O)CCC(O)(CN)c2ccc(OC)c(-c3ccc(F)c(Cl)c3)n2)cc1OC. The van der Waals surface area contributed by atoms with Gasteiger partial charge in [-0.05, 0) is 61.4 Å². The first kappa shape index (κ1) is 27.4. The van der Waals surface area contributed by atoms with Crippen LogP contribution in [-0.4, -0.2) is 43.2 Å². The van der Waals surface area contributed by atoms with Gasteiger partial charge in [-0.15, -0.1) is 0 Å². The van der Waals surface area contributed by atoms with Crippen LogP contribution in [0.15, 0.2) is 48.5 Å². The van der Waals surface area contributed by atoms with Gasteiger partial charge < -0.3 is 25.1 Å². The van der Waals surface area contributed by atoms with Crippen molar-refractivity contribution in [2.45, 2.75) is 31.8 Å². The van der Waals surface area contributed by atoms with Crippen molar-refractivity contribution in [3.05, 3.63) is 70.6 Å². The van der Waals surface area contributed by atoms with E-state index < -0.39 is 11.4 Å². The minimum atomic E-state index is -1.59. The van der Waals surface area contributed by atoms with Crippen molar-refractivity contribution in [1.29, 1.82) is 0 Å². The Morgan fingerprint density at radius 2 is 1.81 bits per heavy atom. The summed E-state index contributed by atoms with van der Waals surface area (Å²) in [6.45, 7) is 2.36. The molecule has 7 nitrogen and oxygen atoms in total. The molecule has 1 aromatic heterocycles. The van der Waals surface area contributed by atoms with E-state index in [-0.39, 0.29) is 35.9 Å². The van der Waals surface area contributed by atoms with E-state index in [1.807, 2.05) is 6.92 Å². The number of hydrogen-bond donors (Lipinski definition) is 2. The van der Waals surface area contributed by atoms with Gasteiger partial charge in [0.15, 0.2) is 17.3 Å². The maximum Gasteiger partial charge on any atom is 0.163 e. The van der Waals surface area contributed by atoms with Crippen molar-refractivity contribution in [3.8, 4) is 28.5 Å². The molecule has 1 atom stereocenters. The van der Waals surface area contributed by atoms with E-state index >= 15 is 0 Å². The van der Waals surface area contributed by atoms with Crippen LogP contribution in [0.1, 0.15) is 42.2 Å². The molecule has 0 saturated heterocycles. The Morgan fingerprint density at radius 1 is 1.08 bits per heavy atom. The molecule has 3 aromatic rings. The van der Waals surface area contributed by atoms with Crippen LogP contribution in [-0.2, 0) is 5.60 Å². The first-order valence-corrected chi connectivity index (χ1v) is 11.9. The van der Waals surface area contributed by atoms with Crippen molar-refractivity contribution in [3.63, 3.8) is 0 Å². The molecule has 0 aliphatic rings. The number of ether oxygens (including phenoxy) is 3. The Bertz CT molecular complexity index is 1220. The molecule has 0 saturated carbocycles. The molecule has 192 valence electrons. The lowest BCUT2D eigenvalue weighted by Gasteiger charge is -2.27. The maximum absolute atomic E-state index is 13.7. The molecule has 9 heteroatoms. The van der Waals surface area contributed by atoms with Gasteiger partial charge >= 0.3 is 0 Å². The lowest BCUT2D eigenvalue weighted by atomic mass is 9.90. The standard InChI is InChI=1S/C27H30ClFN2O5/c1-4-13-36-22-8-6-17(15-24(22)35-3)21(32)11-12-27(33,16-30)25-10-9-23(34-2)26(31-25)18-5-7-20(29)19(28)14-18/h5-10,14-15,33H,4,11-13,16,30H2,1-3H3. The number of nitrogens with two attached hydrogens (primary N) is 1. The molecule has 2 aromatic carbocycles. The lowest BCUT2D eigenvalue weighted by molar-refractivity contribution is 0.0297. The maximum atomic E-state index is 13.7. The lowest BCUT2D eigenvalue weighted by Crippen LogP contribution is -2.36. The first-order chi connectivity index (χ1) is 17.3. The fourth-order valence-electron chi connectivity index (χ4n) is 3.69. The van der Waals surface area contributed by atoms with Gasteiger partial charge in [0.1, 0.15) is 22.9 Å². The van der Waals surface area contributed by atoms with Crippen LogP contribution in [0.5, 0.6) is 17.2 Å². The van der Waals surface area contributed by atoms with Crippen molar-refractivity contribution in [1.82, 2.24) is 4.98 Å². The summed E-state index contributed by atoms with van der Waals surface area (Å²) in [5, 5.41) is 11.3. The summed E-state index contributed by atoms with van der Waals surface area (Å²) in [6.07, 6.45) is 0.885. The molecule has 1 heterocycles. The minimum absolute atomic E-state index is 0.0113. The van der Waals surface area contributed by atoms with E-state index in [1.54, 1.807) is 30.3 Å². The average molecular weight is 517 g/mol. The third kappa shape index (κ3) is 6.13. The average Bonchev–Trinajstić information content (AvgIpc) is 2.91. The quantitative estimate of drug-likeness (QED) is 0.320. The number of Topliss-reactive ketones (excluding diaryl/α,β-unsaturated/α-hetero) is 1. The van der Waals surface area contributed by atoms with Crippen LogP contribution in [0.2, 0.25) is 5.02 Å². The molecule has 3 N–H and O–H groups in total. The molecule has 0 fully saturated rings. The second kappa shape index (κ2) is 12.2. The molecule has 0 spiro atoms. The van der Waals surface area contributed by atoms with Gasteiger partial charge in [-0.1, -0.05) is 18.5 Å². The number of aromatic nitrogens is 1. The Hall–Kier alpha value is -3.20. The summed E-state index contributed by atoms with van der Waals surface area (Å²) in [5.74, 6) is 0.678. The van der Waals surface area contributed by atoms with Crippen molar-refractivity contribution in [2.24, 2.45) is 5.73 Å². The van der Waals surface area contributed by atoms with E-state index in [4.69, 9.17) is 31.5 Å². The smallest absolute Gasteiger partial charge is 0.163 e. The molecule has 0 aliphatic heterocycles. The highest BCUT2D eigenvalue weighted by Gasteiger charge is 2.31. The third-order valence-electron chi connectivity index (χ3n) is 5.80. The molecule has 0 amide bonds. The van der Waals surface area contributed by atoms with Crippen LogP contribution in [0.25, 0.3) is 11.3 Å². The summed E-state index contributed by atoms with van der Waals surface area (Å²) in [6, 6.07) is 12.4. The van der Waals surface area contributed by atoms with E-state index in [9.17, 15) is 14.3 Å². The monoisotopic (exact) mass is 516 g/mol. The van der Waals surface area contributed by atoms with Gasteiger partial charge in [-0.25, -0.2) is 9.37 Å². The van der Waals surface area contributed by atoms with Crippen LogP contribution in [0.3, 0.4) is 0 Å². The molecule has 1 unspecified atom stereocenters. The summed E-state index contributed by atoms with van der Waals surface area (Å²) in [7, 11) is 2.99. The molecule has 0 bridgehead atoms. The summed E-state index contributed by atoms with van der Waals surface area (Å²) in [4.78, 5) is 17.5. The van der Waals surface area contributed by atoms with E-state index in [0.29, 0.717) is 40.7 Å². The van der Waals surface area contributed by atoms with Crippen LogP contribution in [0.4, 0.5) is 4.39 Å². The van der Waals surface area contributed by atoms with Gasteiger partial charge in [-0.2, -0.15) is 0 Å². The van der Waals surface area contributed by atoms with Crippen molar-refractivity contribution in [2.75, 3.05) is 27.4 Å². The number of methoxy groups -OCH3 is 2. The summed E-state index contributed by atoms with van der Waals surface area (Å²) < 4.78 is 30.1. The summed E-state index contributed by atoms with van der Waals surface area (Å²) in [5.41, 5.74) is 5.91. The van der Waals surface area contributed by atoms with Crippen LogP contribution in [0, 0.1) is 5.82 Å². The number of carbonyl (C=O) groups excluding carboxylic acids is 1. The number of nitrogens with zero attached hydrogens (tertiary/aromatic N) is 1. The Balaban J connectivity index is 1.84. The number of halogens is 2. The van der Waals surface area contributed by atoms with Crippen LogP contribution < -0.4 is 19.9 Å². The predicted molar refractivity (Wildman–Crippen MR) is 136 cm³/mol. The molecule has 0 radical (unpaired) electrons. The normalized spacial score (nSPS) is 12.6. The van der Waals surface area contributed by atoms with Crippen molar-refractivity contribution < 1.29 is 28.5 Å². The van der Waals surface area contributed by atoms with Gasteiger partial charge in [0.25, 0.3) is 0 Å². The number of ketones is 1. The largest absolute Gasteiger partial charge is 0.494 e. The number of pyridine rings is 1. The number of aliphatic hydroxyl groups is 1. The van der Waals surface area contributed by atoms with Crippen molar-refractivity contribution >= 4 is 17.4 Å². The highest BCUT2D eigenvalue weighted by atomic mass is 35.5. The van der Waals surface area contributed by atoms with Gasteiger partial charge in [0.2, 0.25) is 0 Å². The number of carbonyl (C=O) groups is 1. The van der Waals surface area contributed by atoms with Gasteiger partial charge in [0, 0.05) is 24.1 Å². The second-order valence-corrected chi connectivity index (χ2v) is 8.66. The Kier molecular flexibility index (Phi) is 9.25. The highest BCUT2D eigenvalue weighted by molar-refractivity contribution is 6.31. The number of benzene rings is 2. The number of hydrogen-bond acceptors (Lipinski definition) is 7. The zero-order valence-corrected chi connectivity index (χ0v) is 21.3. The first-order valence-electron chi connectivity index (χ1n) is 11.5. The van der Waals surface area contributed by atoms with Crippen LogP contribution >= 0.6 is 11.6 Å². The minimum Gasteiger partial charge on any atom is -0.494 e. The van der Waals surface area contributed by atoms with E-state index in [0.717, 1.165) is 6.42 Å². The third-order valence-corrected chi connectivity index (χ3v) is 6.09. The molecule has 3 rings (SSSR count). The van der Waals surface area contributed by atoms with E-state index in [2.05, 4.69) is 4.98 Å². The molecular weight excluding hydrogens is 487 g/mol. The Labute approximate surface area is 215 Å². The molecule has 0 aliphatic carbocycles. The fourth-order valence-corrected chi connectivity index (χ4v) is 3.87. The zero-order valence-electron chi connectivity index (χ0n) is 20.5. The molecule has 36 heavy (non-hydrogen) atoms. The van der Waals surface area contributed by atoms with Gasteiger partial charge in [-0.3, -0.25) is 4.79 Å².